The second-order valence-electron chi connectivity index (χ2n) is 6.47. The van der Waals surface area contributed by atoms with Crippen LogP contribution >= 0.6 is 0 Å². The molecule has 0 atom stereocenters. The fourth-order valence-electron chi connectivity index (χ4n) is 3.05. The predicted molar refractivity (Wildman–Crippen MR) is 90.7 cm³/mol. The van der Waals surface area contributed by atoms with Crippen LogP contribution < -0.4 is 0 Å². The summed E-state index contributed by atoms with van der Waals surface area (Å²) in [6, 6.07) is 2.07. The van der Waals surface area contributed by atoms with Crippen LogP contribution in [0.2, 0.25) is 0 Å². The Labute approximate surface area is 141 Å². The van der Waals surface area contributed by atoms with Gasteiger partial charge in [0, 0.05) is 50.7 Å². The molecule has 0 bridgehead atoms. The minimum absolute atomic E-state index is 0.0351. The van der Waals surface area contributed by atoms with Crippen molar-refractivity contribution in [3.63, 3.8) is 0 Å². The van der Waals surface area contributed by atoms with Gasteiger partial charge >= 0.3 is 0 Å². The number of carbonyl (C=O) groups excluding carboxylic acids is 2. The van der Waals surface area contributed by atoms with E-state index in [9.17, 15) is 9.59 Å². The van der Waals surface area contributed by atoms with Crippen LogP contribution in [-0.2, 0) is 4.79 Å². The van der Waals surface area contributed by atoms with Crippen molar-refractivity contribution >= 4 is 22.8 Å². The first-order valence-corrected chi connectivity index (χ1v) is 8.35. The van der Waals surface area contributed by atoms with E-state index in [-0.39, 0.29) is 17.9 Å². The molecule has 128 valence electrons. The molecule has 0 radical (unpaired) electrons. The third-order valence-corrected chi connectivity index (χ3v) is 4.40. The van der Waals surface area contributed by atoms with E-state index in [1.807, 2.05) is 24.6 Å². The Morgan fingerprint density at radius 2 is 1.79 bits per heavy atom. The van der Waals surface area contributed by atoms with Crippen LogP contribution in [-0.4, -0.2) is 62.6 Å². The van der Waals surface area contributed by atoms with Crippen molar-refractivity contribution in [3.05, 3.63) is 24.0 Å². The van der Waals surface area contributed by atoms with Crippen molar-refractivity contribution in [2.75, 3.05) is 26.2 Å². The lowest BCUT2D eigenvalue weighted by Crippen LogP contribution is -2.36. The first-order valence-electron chi connectivity index (χ1n) is 8.35. The lowest BCUT2D eigenvalue weighted by Gasteiger charge is -2.21. The van der Waals surface area contributed by atoms with Crippen molar-refractivity contribution in [2.24, 2.45) is 0 Å². The second-order valence-corrected chi connectivity index (χ2v) is 6.47. The minimum Gasteiger partial charge on any atom is -0.341 e. The number of aromatic nitrogens is 3. The molecular formula is C17H23N5O2. The largest absolute Gasteiger partial charge is 0.341 e. The summed E-state index contributed by atoms with van der Waals surface area (Å²) in [5, 5.41) is 5.21. The molecule has 3 heterocycles. The molecule has 0 unspecified atom stereocenters. The summed E-state index contributed by atoms with van der Waals surface area (Å²) in [5.41, 5.74) is 1.36. The van der Waals surface area contributed by atoms with Crippen LogP contribution in [0.25, 0.3) is 11.0 Å². The van der Waals surface area contributed by atoms with Gasteiger partial charge in [0.2, 0.25) is 5.91 Å². The first kappa shape index (κ1) is 16.4. The maximum atomic E-state index is 12.8. The molecule has 0 aliphatic carbocycles. The summed E-state index contributed by atoms with van der Waals surface area (Å²) in [7, 11) is 0. The topological polar surface area (TPSA) is 71.3 Å². The van der Waals surface area contributed by atoms with Gasteiger partial charge in [0.1, 0.15) is 0 Å². The van der Waals surface area contributed by atoms with Gasteiger partial charge in [-0.3, -0.25) is 9.59 Å². The van der Waals surface area contributed by atoms with E-state index in [1.54, 1.807) is 29.1 Å². The van der Waals surface area contributed by atoms with E-state index < -0.39 is 0 Å². The standard InChI is InChI=1S/C17H23N5O2/c1-12(2)22-16-14(11-19-22)9-15(10-18-16)17(24)21-6-4-5-20(7-8-21)13(3)23/h9-12H,4-8H2,1-3H3. The average molecular weight is 329 g/mol. The zero-order valence-electron chi connectivity index (χ0n) is 14.4. The van der Waals surface area contributed by atoms with Crippen molar-refractivity contribution in [1.82, 2.24) is 24.6 Å². The molecule has 7 heteroatoms. The van der Waals surface area contributed by atoms with Crippen molar-refractivity contribution in [1.29, 1.82) is 0 Å². The molecule has 2 aromatic heterocycles. The van der Waals surface area contributed by atoms with Crippen LogP contribution in [0.3, 0.4) is 0 Å². The summed E-state index contributed by atoms with van der Waals surface area (Å²) in [6.45, 7) is 8.17. The van der Waals surface area contributed by atoms with Gasteiger partial charge in [0.15, 0.2) is 5.65 Å². The number of nitrogens with zero attached hydrogens (tertiary/aromatic N) is 5. The number of rotatable bonds is 2. The molecule has 7 nitrogen and oxygen atoms in total. The van der Waals surface area contributed by atoms with Crippen LogP contribution in [0, 0.1) is 0 Å². The van der Waals surface area contributed by atoms with E-state index in [0.29, 0.717) is 31.7 Å². The van der Waals surface area contributed by atoms with Gasteiger partial charge < -0.3 is 9.80 Å². The van der Waals surface area contributed by atoms with Crippen LogP contribution in [0.1, 0.15) is 43.6 Å². The van der Waals surface area contributed by atoms with Crippen molar-refractivity contribution in [2.45, 2.75) is 33.2 Å². The zero-order valence-corrected chi connectivity index (χ0v) is 14.4. The Balaban J connectivity index is 1.79. The molecular weight excluding hydrogens is 306 g/mol. The van der Waals surface area contributed by atoms with Crippen LogP contribution in [0.4, 0.5) is 0 Å². The summed E-state index contributed by atoms with van der Waals surface area (Å²) < 4.78 is 1.85. The van der Waals surface area contributed by atoms with Crippen LogP contribution in [0.5, 0.6) is 0 Å². The quantitative estimate of drug-likeness (QED) is 0.841. The highest BCUT2D eigenvalue weighted by molar-refractivity contribution is 5.96. The highest BCUT2D eigenvalue weighted by Gasteiger charge is 2.22. The highest BCUT2D eigenvalue weighted by atomic mass is 16.2. The maximum absolute atomic E-state index is 12.8. The molecule has 0 aromatic carbocycles. The molecule has 24 heavy (non-hydrogen) atoms. The smallest absolute Gasteiger partial charge is 0.255 e. The van der Waals surface area contributed by atoms with Crippen LogP contribution in [0.15, 0.2) is 18.5 Å². The van der Waals surface area contributed by atoms with E-state index in [4.69, 9.17) is 0 Å². The highest BCUT2D eigenvalue weighted by Crippen LogP contribution is 2.18. The fourth-order valence-corrected chi connectivity index (χ4v) is 3.05. The molecule has 0 spiro atoms. The Kier molecular flexibility index (Phi) is 4.51. The van der Waals surface area contributed by atoms with Gasteiger partial charge in [-0.05, 0) is 26.3 Å². The molecule has 1 saturated heterocycles. The normalized spacial score (nSPS) is 15.8. The molecule has 2 amide bonds. The first-order chi connectivity index (χ1) is 11.5. The van der Waals surface area contributed by atoms with Gasteiger partial charge in [0.25, 0.3) is 5.91 Å². The Hall–Kier alpha value is -2.44. The number of pyridine rings is 1. The summed E-state index contributed by atoms with van der Waals surface area (Å²) in [6.07, 6.45) is 4.17. The average Bonchev–Trinajstić information content (AvgIpc) is 2.82. The second kappa shape index (κ2) is 6.59. The number of carbonyl (C=O) groups is 2. The monoisotopic (exact) mass is 329 g/mol. The number of amides is 2. The fraction of sp³-hybridized carbons (Fsp3) is 0.529. The zero-order chi connectivity index (χ0) is 17.3. The van der Waals surface area contributed by atoms with Gasteiger partial charge in [-0.1, -0.05) is 0 Å². The maximum Gasteiger partial charge on any atom is 0.255 e. The third kappa shape index (κ3) is 3.11. The molecule has 1 fully saturated rings. The Morgan fingerprint density at radius 1 is 1.08 bits per heavy atom. The summed E-state index contributed by atoms with van der Waals surface area (Å²) >= 11 is 0. The molecule has 1 aliphatic heterocycles. The van der Waals surface area contributed by atoms with Crippen molar-refractivity contribution in [3.8, 4) is 0 Å². The molecule has 2 aromatic rings. The SMILES string of the molecule is CC(=O)N1CCCN(C(=O)c2cnc3c(cnn3C(C)C)c2)CC1. The molecule has 0 saturated carbocycles. The lowest BCUT2D eigenvalue weighted by atomic mass is 10.2. The van der Waals surface area contributed by atoms with Gasteiger partial charge in [0.05, 0.1) is 11.8 Å². The van der Waals surface area contributed by atoms with E-state index in [2.05, 4.69) is 10.1 Å². The van der Waals surface area contributed by atoms with Gasteiger partial charge in [-0.2, -0.15) is 5.10 Å². The number of fused-ring (bicyclic) bond motifs is 1. The summed E-state index contributed by atoms with van der Waals surface area (Å²) in [4.78, 5) is 32.3. The minimum atomic E-state index is -0.0351. The third-order valence-electron chi connectivity index (χ3n) is 4.40. The Bertz CT molecular complexity index is 767. The molecule has 0 N–H and O–H groups in total. The van der Waals surface area contributed by atoms with E-state index in [1.165, 1.54) is 0 Å². The molecule has 3 rings (SSSR count). The van der Waals surface area contributed by atoms with E-state index in [0.717, 1.165) is 17.5 Å². The predicted octanol–water partition coefficient (Wildman–Crippen LogP) is 1.71. The number of hydrogen-bond donors (Lipinski definition) is 0. The van der Waals surface area contributed by atoms with Gasteiger partial charge in [-0.25, -0.2) is 9.67 Å². The lowest BCUT2D eigenvalue weighted by molar-refractivity contribution is -0.128. The van der Waals surface area contributed by atoms with Crippen molar-refractivity contribution < 1.29 is 9.59 Å². The van der Waals surface area contributed by atoms with Gasteiger partial charge in [-0.15, -0.1) is 0 Å². The Morgan fingerprint density at radius 3 is 2.50 bits per heavy atom. The van der Waals surface area contributed by atoms with E-state index >= 15 is 0 Å². The molecule has 1 aliphatic rings. The number of hydrogen-bond acceptors (Lipinski definition) is 4. The summed E-state index contributed by atoms with van der Waals surface area (Å²) in [5.74, 6) is 0.0283.